The number of benzene rings is 2. The van der Waals surface area contributed by atoms with E-state index in [9.17, 15) is 4.79 Å². The molecule has 1 saturated heterocycles. The Labute approximate surface area is 161 Å². The molecular formula is C22H28N2O3. The normalized spacial score (nSPS) is 16.3. The molecule has 1 atom stereocenters. The van der Waals surface area contributed by atoms with Gasteiger partial charge < -0.3 is 19.7 Å². The van der Waals surface area contributed by atoms with Gasteiger partial charge in [0.2, 0.25) is 0 Å². The molecule has 1 fully saturated rings. The van der Waals surface area contributed by atoms with Crippen molar-refractivity contribution in [1.82, 2.24) is 4.90 Å². The van der Waals surface area contributed by atoms with Crippen LogP contribution in [0.25, 0.3) is 0 Å². The molecule has 5 heteroatoms. The lowest BCUT2D eigenvalue weighted by Gasteiger charge is -2.27. The Hall–Kier alpha value is -2.69. The zero-order valence-corrected chi connectivity index (χ0v) is 16.3. The smallest absolute Gasteiger partial charge is 0.322 e. The van der Waals surface area contributed by atoms with Gasteiger partial charge in [-0.15, -0.1) is 0 Å². The first-order chi connectivity index (χ1) is 13.2. The Morgan fingerprint density at radius 2 is 1.93 bits per heavy atom. The number of aryl methyl sites for hydroxylation is 1. The van der Waals surface area contributed by atoms with Crippen molar-refractivity contribution < 1.29 is 14.3 Å². The molecule has 0 aromatic heterocycles. The molecule has 0 radical (unpaired) electrons. The van der Waals surface area contributed by atoms with E-state index in [2.05, 4.69) is 24.4 Å². The van der Waals surface area contributed by atoms with Crippen LogP contribution in [0.3, 0.4) is 0 Å². The van der Waals surface area contributed by atoms with Crippen LogP contribution >= 0.6 is 0 Å². The lowest BCUT2D eigenvalue weighted by molar-refractivity contribution is 0.206. The number of carbonyl (C=O) groups is 1. The minimum atomic E-state index is -0.0781. The molecule has 0 aliphatic carbocycles. The number of anilines is 1. The molecule has 2 aromatic rings. The Bertz CT molecular complexity index is 774. The number of hydrogen-bond donors (Lipinski definition) is 1. The largest absolute Gasteiger partial charge is 0.497 e. The minimum Gasteiger partial charge on any atom is -0.497 e. The van der Waals surface area contributed by atoms with Crippen LogP contribution in [-0.4, -0.2) is 31.7 Å². The number of carbonyl (C=O) groups excluding carboxylic acids is 1. The molecule has 5 nitrogen and oxygen atoms in total. The topological polar surface area (TPSA) is 50.8 Å². The van der Waals surface area contributed by atoms with Crippen LogP contribution in [0.5, 0.6) is 11.5 Å². The third-order valence-corrected chi connectivity index (χ3v) is 5.05. The second-order valence-corrected chi connectivity index (χ2v) is 6.84. The monoisotopic (exact) mass is 368 g/mol. The summed E-state index contributed by atoms with van der Waals surface area (Å²) in [4.78, 5) is 14.8. The Kier molecular flexibility index (Phi) is 6.22. The highest BCUT2D eigenvalue weighted by molar-refractivity contribution is 5.89. The Morgan fingerprint density at radius 1 is 1.15 bits per heavy atom. The van der Waals surface area contributed by atoms with Gasteiger partial charge in [-0.1, -0.05) is 25.5 Å². The molecule has 144 valence electrons. The fourth-order valence-electron chi connectivity index (χ4n) is 3.67. The predicted octanol–water partition coefficient (Wildman–Crippen LogP) is 5.03. The number of ether oxygens (including phenoxy) is 2. The van der Waals surface area contributed by atoms with Crippen molar-refractivity contribution in [3.8, 4) is 11.5 Å². The summed E-state index contributed by atoms with van der Waals surface area (Å²) in [6.45, 7) is 2.89. The van der Waals surface area contributed by atoms with Crippen LogP contribution in [0.1, 0.15) is 43.4 Å². The van der Waals surface area contributed by atoms with Gasteiger partial charge in [-0.2, -0.15) is 0 Å². The van der Waals surface area contributed by atoms with Gasteiger partial charge in [-0.25, -0.2) is 4.79 Å². The molecule has 1 N–H and O–H groups in total. The lowest BCUT2D eigenvalue weighted by Crippen LogP contribution is -2.34. The lowest BCUT2D eigenvalue weighted by atomic mass is 10.0. The molecule has 1 heterocycles. The molecular weight excluding hydrogens is 340 g/mol. The van der Waals surface area contributed by atoms with E-state index in [1.807, 2.05) is 35.2 Å². The quantitative estimate of drug-likeness (QED) is 0.778. The van der Waals surface area contributed by atoms with Crippen molar-refractivity contribution in [3.05, 3.63) is 53.6 Å². The van der Waals surface area contributed by atoms with Crippen molar-refractivity contribution in [2.24, 2.45) is 0 Å². The van der Waals surface area contributed by atoms with Gasteiger partial charge in [-0.3, -0.25) is 0 Å². The van der Waals surface area contributed by atoms with Gasteiger partial charge in [0.1, 0.15) is 11.5 Å². The summed E-state index contributed by atoms with van der Waals surface area (Å²) in [5.74, 6) is 1.55. The highest BCUT2D eigenvalue weighted by Gasteiger charge is 2.32. The van der Waals surface area contributed by atoms with E-state index < -0.39 is 0 Å². The SMILES string of the molecule is CCCc1ccc(NC(=O)N2CCCC2c2cc(OC)ccc2OC)cc1. The van der Waals surface area contributed by atoms with Crippen LogP contribution in [-0.2, 0) is 6.42 Å². The number of nitrogens with one attached hydrogen (secondary N) is 1. The summed E-state index contributed by atoms with van der Waals surface area (Å²) in [5.41, 5.74) is 3.10. The van der Waals surface area contributed by atoms with Crippen LogP contribution in [0.4, 0.5) is 10.5 Å². The van der Waals surface area contributed by atoms with Crippen LogP contribution in [0.2, 0.25) is 0 Å². The molecule has 0 spiro atoms. The molecule has 0 bridgehead atoms. The Balaban J connectivity index is 1.76. The number of methoxy groups -OCH3 is 2. The van der Waals surface area contributed by atoms with Gasteiger partial charge in [0, 0.05) is 17.8 Å². The van der Waals surface area contributed by atoms with Gasteiger partial charge in [0.25, 0.3) is 0 Å². The highest BCUT2D eigenvalue weighted by Crippen LogP contribution is 2.39. The van der Waals surface area contributed by atoms with E-state index in [-0.39, 0.29) is 12.1 Å². The van der Waals surface area contributed by atoms with Crippen molar-refractivity contribution in [2.75, 3.05) is 26.1 Å². The van der Waals surface area contributed by atoms with Crippen molar-refractivity contribution in [1.29, 1.82) is 0 Å². The zero-order valence-electron chi connectivity index (χ0n) is 16.3. The van der Waals surface area contributed by atoms with E-state index in [0.29, 0.717) is 0 Å². The third-order valence-electron chi connectivity index (χ3n) is 5.05. The maximum atomic E-state index is 12.9. The number of likely N-dealkylation sites (tertiary alicyclic amines) is 1. The standard InChI is InChI=1S/C22H28N2O3/c1-4-6-16-8-10-17(11-9-16)23-22(25)24-14-5-7-20(24)19-15-18(26-2)12-13-21(19)27-3/h8-13,15,20H,4-7,14H2,1-3H3,(H,23,25). The average molecular weight is 368 g/mol. The van der Waals surface area contributed by atoms with E-state index >= 15 is 0 Å². The van der Waals surface area contributed by atoms with Gasteiger partial charge in [0.15, 0.2) is 0 Å². The fourth-order valence-corrected chi connectivity index (χ4v) is 3.67. The van der Waals surface area contributed by atoms with E-state index in [4.69, 9.17) is 9.47 Å². The van der Waals surface area contributed by atoms with E-state index in [1.165, 1.54) is 5.56 Å². The van der Waals surface area contributed by atoms with Gasteiger partial charge >= 0.3 is 6.03 Å². The summed E-state index contributed by atoms with van der Waals surface area (Å²) >= 11 is 0. The van der Waals surface area contributed by atoms with Crippen LogP contribution in [0, 0.1) is 0 Å². The number of amides is 2. The maximum absolute atomic E-state index is 12.9. The molecule has 2 aromatic carbocycles. The molecule has 1 aliphatic rings. The summed E-state index contributed by atoms with van der Waals surface area (Å²) in [6.07, 6.45) is 4.04. The average Bonchev–Trinajstić information content (AvgIpc) is 3.19. The zero-order chi connectivity index (χ0) is 19.2. The Morgan fingerprint density at radius 3 is 2.59 bits per heavy atom. The van der Waals surface area contributed by atoms with Crippen LogP contribution < -0.4 is 14.8 Å². The van der Waals surface area contributed by atoms with E-state index in [0.717, 1.165) is 55.0 Å². The van der Waals surface area contributed by atoms with E-state index in [1.54, 1.807) is 14.2 Å². The second kappa shape index (κ2) is 8.80. The predicted molar refractivity (Wildman–Crippen MR) is 108 cm³/mol. The fraction of sp³-hybridized carbons (Fsp3) is 0.409. The minimum absolute atomic E-state index is 0.0191. The molecule has 0 saturated carbocycles. The van der Waals surface area contributed by atoms with Crippen LogP contribution in [0.15, 0.2) is 42.5 Å². The number of urea groups is 1. The summed E-state index contributed by atoms with van der Waals surface area (Å²) in [7, 11) is 3.30. The van der Waals surface area contributed by atoms with Crippen molar-refractivity contribution in [2.45, 2.75) is 38.6 Å². The second-order valence-electron chi connectivity index (χ2n) is 6.84. The highest BCUT2D eigenvalue weighted by atomic mass is 16.5. The van der Waals surface area contributed by atoms with Gasteiger partial charge in [0.05, 0.1) is 20.3 Å². The van der Waals surface area contributed by atoms with Gasteiger partial charge in [-0.05, 0) is 55.2 Å². The van der Waals surface area contributed by atoms with Crippen molar-refractivity contribution in [3.63, 3.8) is 0 Å². The first-order valence-corrected chi connectivity index (χ1v) is 9.54. The molecule has 1 unspecified atom stereocenters. The third kappa shape index (κ3) is 4.35. The summed E-state index contributed by atoms with van der Waals surface area (Å²) < 4.78 is 10.9. The number of rotatable bonds is 6. The first kappa shape index (κ1) is 19.1. The summed E-state index contributed by atoms with van der Waals surface area (Å²) in [5, 5.41) is 3.03. The molecule has 1 aliphatic heterocycles. The molecule has 27 heavy (non-hydrogen) atoms. The molecule has 2 amide bonds. The first-order valence-electron chi connectivity index (χ1n) is 9.54. The summed E-state index contributed by atoms with van der Waals surface area (Å²) in [6, 6.07) is 13.7. The number of nitrogens with zero attached hydrogens (tertiary/aromatic N) is 1. The molecule has 3 rings (SSSR count). The number of hydrogen-bond acceptors (Lipinski definition) is 3. The maximum Gasteiger partial charge on any atom is 0.322 e. The van der Waals surface area contributed by atoms with Crippen molar-refractivity contribution >= 4 is 11.7 Å².